The highest BCUT2D eigenvalue weighted by molar-refractivity contribution is 5.33. The average Bonchev–Trinajstić information content (AvgIpc) is 2.38. The highest BCUT2D eigenvalue weighted by atomic mass is 19.4. The van der Waals surface area contributed by atoms with Crippen molar-refractivity contribution in [2.24, 2.45) is 11.1 Å². The van der Waals surface area contributed by atoms with Crippen LogP contribution >= 0.6 is 0 Å². The lowest BCUT2D eigenvalue weighted by Gasteiger charge is -2.31. The Hall–Kier alpha value is -1.27. The first kappa shape index (κ1) is 17.8. The lowest BCUT2D eigenvalue weighted by Crippen LogP contribution is -2.38. The molecule has 3 nitrogen and oxygen atoms in total. The second-order valence-corrected chi connectivity index (χ2v) is 5.83. The molecule has 6 heteroatoms. The number of hydrogen-bond donors (Lipinski definition) is 1. The quantitative estimate of drug-likeness (QED) is 0.839. The maximum Gasteiger partial charge on any atom is 0.573 e. The van der Waals surface area contributed by atoms with Crippen LogP contribution in [-0.4, -0.2) is 30.9 Å². The summed E-state index contributed by atoms with van der Waals surface area (Å²) in [4.78, 5) is 2.06. The molecule has 0 unspecified atom stereocenters. The van der Waals surface area contributed by atoms with Gasteiger partial charge in [0.1, 0.15) is 5.75 Å². The second-order valence-electron chi connectivity index (χ2n) is 5.83. The van der Waals surface area contributed by atoms with Gasteiger partial charge in [0.15, 0.2) is 0 Å². The Morgan fingerprint density at radius 1 is 1.19 bits per heavy atom. The van der Waals surface area contributed by atoms with Crippen molar-refractivity contribution in [1.29, 1.82) is 0 Å². The lowest BCUT2D eigenvalue weighted by atomic mass is 9.93. The molecule has 0 aromatic heterocycles. The van der Waals surface area contributed by atoms with Gasteiger partial charge < -0.3 is 10.5 Å². The Morgan fingerprint density at radius 3 is 2.33 bits per heavy atom. The molecule has 21 heavy (non-hydrogen) atoms. The van der Waals surface area contributed by atoms with Crippen LogP contribution in [0.2, 0.25) is 0 Å². The molecular weight excluding hydrogens is 281 g/mol. The van der Waals surface area contributed by atoms with Crippen molar-refractivity contribution in [3.05, 3.63) is 29.8 Å². The van der Waals surface area contributed by atoms with Crippen LogP contribution in [0.4, 0.5) is 13.2 Å². The molecule has 0 aliphatic rings. The Balaban J connectivity index is 2.85. The number of benzene rings is 1. The number of ether oxygens (including phenoxy) is 1. The molecule has 0 amide bonds. The van der Waals surface area contributed by atoms with E-state index in [9.17, 15) is 13.2 Å². The first-order valence-corrected chi connectivity index (χ1v) is 6.93. The highest BCUT2D eigenvalue weighted by Gasteiger charge is 2.32. The zero-order valence-corrected chi connectivity index (χ0v) is 12.7. The fourth-order valence-corrected chi connectivity index (χ4v) is 2.05. The van der Waals surface area contributed by atoms with Crippen molar-refractivity contribution >= 4 is 0 Å². The molecule has 0 saturated carbocycles. The summed E-state index contributed by atoms with van der Waals surface area (Å²) in [5, 5.41) is 0. The normalized spacial score (nSPS) is 12.8. The van der Waals surface area contributed by atoms with E-state index in [1.54, 1.807) is 12.1 Å². The predicted molar refractivity (Wildman–Crippen MR) is 76.9 cm³/mol. The number of rotatable bonds is 7. The van der Waals surface area contributed by atoms with E-state index in [1.165, 1.54) is 12.1 Å². The van der Waals surface area contributed by atoms with Crippen molar-refractivity contribution in [2.45, 2.75) is 33.7 Å². The molecule has 0 spiro atoms. The number of alkyl halides is 3. The van der Waals surface area contributed by atoms with Gasteiger partial charge in [-0.1, -0.05) is 39.0 Å². The molecule has 0 heterocycles. The smallest absolute Gasteiger partial charge is 0.405 e. The van der Waals surface area contributed by atoms with Gasteiger partial charge in [0.2, 0.25) is 0 Å². The van der Waals surface area contributed by atoms with Crippen LogP contribution in [0.1, 0.15) is 26.3 Å². The summed E-state index contributed by atoms with van der Waals surface area (Å²) in [5.41, 5.74) is 6.15. The Kier molecular flexibility index (Phi) is 6.04. The largest absolute Gasteiger partial charge is 0.573 e. The molecule has 0 atom stereocenters. The molecule has 1 rings (SSSR count). The molecule has 0 aliphatic heterocycles. The van der Waals surface area contributed by atoms with E-state index in [-0.39, 0.29) is 11.2 Å². The van der Waals surface area contributed by atoms with Crippen molar-refractivity contribution in [3.8, 4) is 5.75 Å². The number of nitrogens with zero attached hydrogens (tertiary/aromatic N) is 1. The van der Waals surface area contributed by atoms with Crippen molar-refractivity contribution in [3.63, 3.8) is 0 Å². The van der Waals surface area contributed by atoms with Crippen LogP contribution in [0, 0.1) is 5.41 Å². The average molecular weight is 304 g/mol. The lowest BCUT2D eigenvalue weighted by molar-refractivity contribution is -0.275. The number of hydrogen-bond acceptors (Lipinski definition) is 3. The molecule has 0 bridgehead atoms. The first-order valence-electron chi connectivity index (χ1n) is 6.93. The number of para-hydroxylation sites is 1. The van der Waals surface area contributed by atoms with Crippen molar-refractivity contribution in [2.75, 3.05) is 19.6 Å². The van der Waals surface area contributed by atoms with Gasteiger partial charge >= 0.3 is 6.36 Å². The van der Waals surface area contributed by atoms with Gasteiger partial charge in [-0.25, -0.2) is 0 Å². The van der Waals surface area contributed by atoms with Gasteiger partial charge in [0, 0.05) is 18.7 Å². The standard InChI is InChI=1S/C15H23F3N2O/c1-4-20(11-14(2,3)10-19)9-12-7-5-6-8-13(12)21-15(16,17)18/h5-8H,4,9-11,19H2,1-3H3. The summed E-state index contributed by atoms with van der Waals surface area (Å²) in [6.07, 6.45) is -4.68. The minimum Gasteiger partial charge on any atom is -0.405 e. The van der Waals surface area contributed by atoms with Crippen LogP contribution in [0.25, 0.3) is 0 Å². The van der Waals surface area contributed by atoms with E-state index < -0.39 is 6.36 Å². The van der Waals surface area contributed by atoms with E-state index in [0.29, 0.717) is 25.2 Å². The Labute approximate surface area is 123 Å². The topological polar surface area (TPSA) is 38.5 Å². The molecule has 2 N–H and O–H groups in total. The molecular formula is C15H23F3N2O. The summed E-state index contributed by atoms with van der Waals surface area (Å²) in [5.74, 6) is -0.144. The fraction of sp³-hybridized carbons (Fsp3) is 0.600. The Morgan fingerprint density at radius 2 is 1.81 bits per heavy atom. The molecule has 120 valence electrons. The molecule has 0 fully saturated rings. The summed E-state index contributed by atoms with van der Waals surface area (Å²) < 4.78 is 41.3. The van der Waals surface area contributed by atoms with Crippen LogP contribution < -0.4 is 10.5 Å². The molecule has 0 radical (unpaired) electrons. The minimum atomic E-state index is -4.68. The van der Waals surface area contributed by atoms with Gasteiger partial charge in [-0.3, -0.25) is 4.90 Å². The summed E-state index contributed by atoms with van der Waals surface area (Å²) >= 11 is 0. The van der Waals surface area contributed by atoms with E-state index in [1.807, 2.05) is 20.8 Å². The molecule has 1 aromatic carbocycles. The van der Waals surface area contributed by atoms with Crippen LogP contribution in [0.5, 0.6) is 5.75 Å². The predicted octanol–water partition coefficient (Wildman–Crippen LogP) is 3.39. The van der Waals surface area contributed by atoms with E-state index in [4.69, 9.17) is 5.73 Å². The van der Waals surface area contributed by atoms with Crippen molar-refractivity contribution in [1.82, 2.24) is 4.90 Å². The monoisotopic (exact) mass is 304 g/mol. The van der Waals surface area contributed by atoms with Gasteiger partial charge in [-0.15, -0.1) is 13.2 Å². The maximum atomic E-state index is 12.4. The SMILES string of the molecule is CCN(Cc1ccccc1OC(F)(F)F)CC(C)(C)CN. The van der Waals surface area contributed by atoms with Crippen LogP contribution in [0.3, 0.4) is 0 Å². The van der Waals surface area contributed by atoms with Crippen LogP contribution in [0.15, 0.2) is 24.3 Å². The second kappa shape index (κ2) is 7.13. The summed E-state index contributed by atoms with van der Waals surface area (Å²) in [7, 11) is 0. The summed E-state index contributed by atoms with van der Waals surface area (Å²) in [6.45, 7) is 8.39. The number of nitrogens with two attached hydrogens (primary N) is 1. The third-order valence-corrected chi connectivity index (χ3v) is 3.24. The van der Waals surface area contributed by atoms with E-state index in [0.717, 1.165) is 6.54 Å². The van der Waals surface area contributed by atoms with E-state index in [2.05, 4.69) is 9.64 Å². The van der Waals surface area contributed by atoms with Gasteiger partial charge in [-0.2, -0.15) is 0 Å². The minimum absolute atomic E-state index is 0.0875. The third-order valence-electron chi connectivity index (χ3n) is 3.24. The van der Waals surface area contributed by atoms with Crippen molar-refractivity contribution < 1.29 is 17.9 Å². The maximum absolute atomic E-state index is 12.4. The molecule has 1 aromatic rings. The summed E-state index contributed by atoms with van der Waals surface area (Å²) in [6, 6.07) is 6.23. The number of halogens is 3. The fourth-order valence-electron chi connectivity index (χ4n) is 2.05. The van der Waals surface area contributed by atoms with Gasteiger partial charge in [-0.05, 0) is 24.6 Å². The zero-order chi connectivity index (χ0) is 16.1. The van der Waals surface area contributed by atoms with Crippen LogP contribution in [-0.2, 0) is 6.54 Å². The van der Waals surface area contributed by atoms with Gasteiger partial charge in [0.05, 0.1) is 0 Å². The Bertz CT molecular complexity index is 447. The highest BCUT2D eigenvalue weighted by Crippen LogP contribution is 2.27. The zero-order valence-electron chi connectivity index (χ0n) is 12.7. The first-order chi connectivity index (χ1) is 9.67. The third kappa shape index (κ3) is 6.35. The molecule has 0 saturated heterocycles. The molecule has 0 aliphatic carbocycles. The van der Waals surface area contributed by atoms with E-state index >= 15 is 0 Å². The van der Waals surface area contributed by atoms with Gasteiger partial charge in [0.25, 0.3) is 0 Å².